The van der Waals surface area contributed by atoms with Crippen molar-refractivity contribution in [2.24, 2.45) is 0 Å². The molecule has 0 aliphatic heterocycles. The van der Waals surface area contributed by atoms with Gasteiger partial charge in [-0.15, -0.1) is 0 Å². The Labute approximate surface area is 195 Å². The zero-order valence-electron chi connectivity index (χ0n) is 17.3. The zero-order valence-corrected chi connectivity index (χ0v) is 18.0. The standard InChI is InChI=1S/C19H12ClF3N4O8/c1-34-15(28)8-25-16(29)24-17(30)26(18(25)31)14-7-10(3-5-13(14)27(32)33)35-9-2-4-11(12(20)6-9)19(21,22)23/h2-7H,8H2,1H3,(H,24,29,30). The van der Waals surface area contributed by atoms with Crippen molar-refractivity contribution >= 4 is 23.3 Å². The van der Waals surface area contributed by atoms with E-state index in [-0.39, 0.29) is 20.6 Å². The van der Waals surface area contributed by atoms with E-state index < -0.39 is 62.6 Å². The number of nitrogens with one attached hydrogen (secondary N) is 1. The first-order valence-corrected chi connectivity index (χ1v) is 9.57. The second-order valence-electron chi connectivity index (χ2n) is 6.66. The average Bonchev–Trinajstić information content (AvgIpc) is 2.75. The van der Waals surface area contributed by atoms with Crippen LogP contribution in [0.25, 0.3) is 5.69 Å². The summed E-state index contributed by atoms with van der Waals surface area (Å²) in [6.07, 6.45) is -4.72. The summed E-state index contributed by atoms with van der Waals surface area (Å²) < 4.78 is 49.0. The van der Waals surface area contributed by atoms with Gasteiger partial charge in [0.15, 0.2) is 0 Å². The van der Waals surface area contributed by atoms with Crippen LogP contribution in [0.5, 0.6) is 11.5 Å². The number of nitro groups is 1. The van der Waals surface area contributed by atoms with Gasteiger partial charge < -0.3 is 9.47 Å². The summed E-state index contributed by atoms with van der Waals surface area (Å²) in [6.45, 7) is -0.904. The molecule has 0 radical (unpaired) electrons. The summed E-state index contributed by atoms with van der Waals surface area (Å²) in [5, 5.41) is 10.8. The quantitative estimate of drug-likeness (QED) is 0.297. The third-order valence-electron chi connectivity index (χ3n) is 4.47. The van der Waals surface area contributed by atoms with Gasteiger partial charge in [0.25, 0.3) is 5.69 Å². The van der Waals surface area contributed by atoms with Crippen LogP contribution in [0.4, 0.5) is 18.9 Å². The molecule has 0 bridgehead atoms. The Hall–Kier alpha value is -4.40. The van der Waals surface area contributed by atoms with Gasteiger partial charge in [-0.25, -0.2) is 23.5 Å². The minimum absolute atomic E-state index is 0.195. The van der Waals surface area contributed by atoms with E-state index in [0.717, 1.165) is 37.4 Å². The van der Waals surface area contributed by atoms with Gasteiger partial charge >= 0.3 is 29.2 Å². The van der Waals surface area contributed by atoms with E-state index >= 15 is 0 Å². The van der Waals surface area contributed by atoms with Crippen LogP contribution in [0.1, 0.15) is 5.56 Å². The van der Waals surface area contributed by atoms with Crippen molar-refractivity contribution in [3.8, 4) is 17.2 Å². The molecule has 12 nitrogen and oxygen atoms in total. The maximum Gasteiger partial charge on any atom is 0.417 e. The topological polar surface area (TPSA) is 156 Å². The highest BCUT2D eigenvalue weighted by atomic mass is 35.5. The molecular weight excluding hydrogens is 505 g/mol. The minimum atomic E-state index is -4.72. The average molecular weight is 517 g/mol. The van der Waals surface area contributed by atoms with E-state index in [1.54, 1.807) is 4.98 Å². The van der Waals surface area contributed by atoms with Crippen molar-refractivity contribution in [1.29, 1.82) is 0 Å². The lowest BCUT2D eigenvalue weighted by molar-refractivity contribution is -0.384. The van der Waals surface area contributed by atoms with Crippen molar-refractivity contribution in [3.63, 3.8) is 0 Å². The highest BCUT2D eigenvalue weighted by Crippen LogP contribution is 2.37. The van der Waals surface area contributed by atoms with Gasteiger partial charge in [0, 0.05) is 18.2 Å². The van der Waals surface area contributed by atoms with Gasteiger partial charge in [0.2, 0.25) is 0 Å². The van der Waals surface area contributed by atoms with Gasteiger partial charge in [-0.2, -0.15) is 13.2 Å². The van der Waals surface area contributed by atoms with Crippen molar-refractivity contribution in [3.05, 3.63) is 88.6 Å². The number of carbonyl (C=O) groups is 1. The molecule has 0 amide bonds. The molecule has 2 aromatic carbocycles. The van der Waals surface area contributed by atoms with Crippen LogP contribution in [0, 0.1) is 10.1 Å². The maximum absolute atomic E-state index is 12.9. The maximum atomic E-state index is 12.9. The first kappa shape index (κ1) is 25.2. The lowest BCUT2D eigenvalue weighted by Crippen LogP contribution is -2.49. The summed E-state index contributed by atoms with van der Waals surface area (Å²) in [7, 11) is 0.983. The molecule has 0 saturated heterocycles. The Morgan fingerprint density at radius 2 is 1.74 bits per heavy atom. The first-order chi connectivity index (χ1) is 16.3. The van der Waals surface area contributed by atoms with Gasteiger partial charge in [-0.3, -0.25) is 19.9 Å². The Kier molecular flexibility index (Phi) is 6.82. The highest BCUT2D eigenvalue weighted by molar-refractivity contribution is 6.31. The van der Waals surface area contributed by atoms with E-state index in [1.165, 1.54) is 0 Å². The lowest BCUT2D eigenvalue weighted by atomic mass is 10.2. The molecule has 0 fully saturated rings. The summed E-state index contributed by atoms with van der Waals surface area (Å²) in [5.41, 5.74) is -6.58. The monoisotopic (exact) mass is 516 g/mol. The molecule has 3 rings (SSSR count). The number of nitro benzene ring substituents is 1. The van der Waals surface area contributed by atoms with Gasteiger partial charge in [0.05, 0.1) is 22.6 Å². The number of ether oxygens (including phenoxy) is 2. The van der Waals surface area contributed by atoms with Crippen molar-refractivity contribution in [2.45, 2.75) is 12.7 Å². The van der Waals surface area contributed by atoms with Crippen LogP contribution in [-0.4, -0.2) is 32.1 Å². The number of rotatable bonds is 6. The van der Waals surface area contributed by atoms with E-state index in [4.69, 9.17) is 16.3 Å². The number of nitrogens with zero attached hydrogens (tertiary/aromatic N) is 3. The molecule has 184 valence electrons. The Morgan fingerprint density at radius 3 is 2.31 bits per heavy atom. The van der Waals surface area contributed by atoms with Gasteiger partial charge in [-0.1, -0.05) is 11.6 Å². The zero-order chi connectivity index (χ0) is 26.1. The summed E-state index contributed by atoms with van der Waals surface area (Å²) in [5.74, 6) is -1.45. The highest BCUT2D eigenvalue weighted by Gasteiger charge is 2.33. The largest absolute Gasteiger partial charge is 0.468 e. The van der Waals surface area contributed by atoms with E-state index in [1.807, 2.05) is 0 Å². The van der Waals surface area contributed by atoms with Crippen molar-refractivity contribution in [1.82, 2.24) is 14.1 Å². The smallest absolute Gasteiger partial charge is 0.417 e. The molecule has 0 aliphatic carbocycles. The van der Waals surface area contributed by atoms with Gasteiger partial charge in [-0.05, 0) is 18.2 Å². The number of carbonyl (C=O) groups excluding carboxylic acids is 1. The number of halogens is 4. The number of hydrogen-bond donors (Lipinski definition) is 1. The lowest BCUT2D eigenvalue weighted by Gasteiger charge is -2.13. The number of methoxy groups -OCH3 is 1. The van der Waals surface area contributed by atoms with Crippen LogP contribution in [0.2, 0.25) is 5.02 Å². The molecule has 0 spiro atoms. The predicted molar refractivity (Wildman–Crippen MR) is 112 cm³/mol. The number of esters is 1. The summed E-state index contributed by atoms with van der Waals surface area (Å²) in [6, 6.07) is 5.22. The molecule has 1 aromatic heterocycles. The fraction of sp³-hybridized carbons (Fsp3) is 0.158. The number of hydrogen-bond acceptors (Lipinski definition) is 8. The Morgan fingerprint density at radius 1 is 1.11 bits per heavy atom. The second-order valence-corrected chi connectivity index (χ2v) is 7.07. The third kappa shape index (κ3) is 5.24. The summed E-state index contributed by atoms with van der Waals surface area (Å²) >= 11 is 5.65. The number of aromatic amines is 1. The third-order valence-corrected chi connectivity index (χ3v) is 4.78. The number of benzene rings is 2. The fourth-order valence-electron chi connectivity index (χ4n) is 2.88. The van der Waals surface area contributed by atoms with E-state index in [9.17, 15) is 42.5 Å². The predicted octanol–water partition coefficient (Wildman–Crippen LogP) is 2.23. The van der Waals surface area contributed by atoms with Crippen LogP contribution in [0.15, 0.2) is 50.8 Å². The van der Waals surface area contributed by atoms with Crippen molar-refractivity contribution in [2.75, 3.05) is 7.11 Å². The number of H-pyrrole nitrogens is 1. The first-order valence-electron chi connectivity index (χ1n) is 9.20. The van der Waals surface area contributed by atoms with Gasteiger partial charge in [0.1, 0.15) is 23.7 Å². The molecular formula is C19H12ClF3N4O8. The second kappa shape index (κ2) is 9.46. The Balaban J connectivity index is 2.15. The molecule has 3 aromatic rings. The minimum Gasteiger partial charge on any atom is -0.468 e. The molecule has 0 unspecified atom stereocenters. The molecule has 0 aliphatic rings. The van der Waals surface area contributed by atoms with Crippen molar-refractivity contribution < 1.29 is 32.4 Å². The molecule has 1 heterocycles. The normalized spacial score (nSPS) is 11.2. The molecule has 0 atom stereocenters. The summed E-state index contributed by atoms with van der Waals surface area (Å²) in [4.78, 5) is 61.0. The van der Waals surface area contributed by atoms with Crippen LogP contribution >= 0.6 is 11.6 Å². The van der Waals surface area contributed by atoms with E-state index in [0.29, 0.717) is 6.07 Å². The number of alkyl halides is 3. The SMILES string of the molecule is COC(=O)Cn1c(=O)[nH]c(=O)n(-c2cc(Oc3ccc(C(F)(F)F)c(Cl)c3)ccc2[N+](=O)[O-])c1=O. The Bertz CT molecular complexity index is 1510. The van der Waals surface area contributed by atoms with Crippen LogP contribution in [-0.2, 0) is 22.3 Å². The van der Waals surface area contributed by atoms with E-state index in [2.05, 4.69) is 4.74 Å². The number of aromatic nitrogens is 3. The van der Waals surface area contributed by atoms with Crippen LogP contribution in [0.3, 0.4) is 0 Å². The molecule has 1 N–H and O–H groups in total. The molecule has 0 saturated carbocycles. The van der Waals surface area contributed by atoms with Crippen LogP contribution < -0.4 is 21.8 Å². The molecule has 16 heteroatoms. The fourth-order valence-corrected chi connectivity index (χ4v) is 3.16. The molecule has 35 heavy (non-hydrogen) atoms.